The maximum atomic E-state index is 13.0. The van der Waals surface area contributed by atoms with Gasteiger partial charge in [-0.15, -0.1) is 0 Å². The third-order valence-electron chi connectivity index (χ3n) is 6.09. The molecule has 0 aromatic rings. The summed E-state index contributed by atoms with van der Waals surface area (Å²) in [6.45, 7) is 2.91. The summed E-state index contributed by atoms with van der Waals surface area (Å²) in [5.41, 5.74) is 0. The third-order valence-corrected chi connectivity index (χ3v) is 6.09. The van der Waals surface area contributed by atoms with Crippen LogP contribution < -0.4 is 5.32 Å². The van der Waals surface area contributed by atoms with E-state index < -0.39 is 12.0 Å². The highest BCUT2D eigenvalue weighted by molar-refractivity contribution is 5.87. The van der Waals surface area contributed by atoms with Crippen LogP contribution in [-0.4, -0.2) is 73.5 Å². The number of ether oxygens (including phenoxy) is 1. The summed E-state index contributed by atoms with van der Waals surface area (Å²) < 4.78 is 4.95. The first-order valence-corrected chi connectivity index (χ1v) is 9.99. The van der Waals surface area contributed by atoms with Gasteiger partial charge in [-0.1, -0.05) is 19.3 Å². The van der Waals surface area contributed by atoms with Crippen LogP contribution in [-0.2, 0) is 19.1 Å². The predicted octanol–water partition coefficient (Wildman–Crippen LogP) is 0.779. The summed E-state index contributed by atoms with van der Waals surface area (Å²) in [7, 11) is 1.35. The molecule has 2 aliphatic heterocycles. The third kappa shape index (κ3) is 4.19. The Morgan fingerprint density at radius 1 is 0.885 bits per heavy atom. The minimum absolute atomic E-state index is 0.0163. The molecular formula is C19H31N3O4. The molecule has 2 amide bonds. The Bertz CT molecular complexity index is 527. The lowest BCUT2D eigenvalue weighted by Gasteiger charge is -2.42. The molecule has 26 heavy (non-hydrogen) atoms. The van der Waals surface area contributed by atoms with Crippen LogP contribution in [0, 0.1) is 11.8 Å². The Hall–Kier alpha value is -1.63. The van der Waals surface area contributed by atoms with Crippen LogP contribution >= 0.6 is 0 Å². The molecule has 1 atom stereocenters. The van der Waals surface area contributed by atoms with Gasteiger partial charge in [0.1, 0.15) is 6.04 Å². The molecule has 0 aromatic heterocycles. The Balaban J connectivity index is 1.67. The summed E-state index contributed by atoms with van der Waals surface area (Å²) >= 11 is 0. The zero-order valence-electron chi connectivity index (χ0n) is 15.7. The predicted molar refractivity (Wildman–Crippen MR) is 96.3 cm³/mol. The Morgan fingerprint density at radius 3 is 2.19 bits per heavy atom. The Morgan fingerprint density at radius 2 is 1.54 bits per heavy atom. The normalized spacial score (nSPS) is 25.8. The Kier molecular flexibility index (Phi) is 6.51. The molecule has 7 nitrogen and oxygen atoms in total. The van der Waals surface area contributed by atoms with E-state index in [2.05, 4.69) is 5.32 Å². The average Bonchev–Trinajstić information content (AvgIpc) is 2.73. The van der Waals surface area contributed by atoms with Crippen LogP contribution in [0.25, 0.3) is 0 Å². The van der Waals surface area contributed by atoms with E-state index in [0.29, 0.717) is 13.1 Å². The molecule has 146 valence electrons. The number of hydrogen-bond acceptors (Lipinski definition) is 5. The van der Waals surface area contributed by atoms with Gasteiger partial charge in [-0.3, -0.25) is 9.59 Å². The van der Waals surface area contributed by atoms with Gasteiger partial charge in [-0.2, -0.15) is 0 Å². The summed E-state index contributed by atoms with van der Waals surface area (Å²) in [4.78, 5) is 41.6. The molecule has 1 aliphatic carbocycles. The van der Waals surface area contributed by atoms with Gasteiger partial charge in [0.15, 0.2) is 0 Å². The van der Waals surface area contributed by atoms with Gasteiger partial charge in [-0.25, -0.2) is 4.79 Å². The lowest BCUT2D eigenvalue weighted by molar-refractivity contribution is -0.161. The fraction of sp³-hybridized carbons (Fsp3) is 0.842. The van der Waals surface area contributed by atoms with Crippen molar-refractivity contribution in [1.29, 1.82) is 0 Å². The van der Waals surface area contributed by atoms with E-state index in [4.69, 9.17) is 4.74 Å². The van der Waals surface area contributed by atoms with E-state index >= 15 is 0 Å². The number of hydrogen-bond donors (Lipinski definition) is 1. The van der Waals surface area contributed by atoms with E-state index in [-0.39, 0.29) is 30.2 Å². The van der Waals surface area contributed by atoms with Crippen molar-refractivity contribution in [2.24, 2.45) is 11.8 Å². The number of rotatable bonds is 3. The molecule has 1 N–H and O–H groups in total. The number of piperidine rings is 1. The monoisotopic (exact) mass is 365 g/mol. The topological polar surface area (TPSA) is 79.0 Å². The zero-order chi connectivity index (χ0) is 18.5. The molecule has 1 saturated carbocycles. The van der Waals surface area contributed by atoms with Crippen LogP contribution in [0.5, 0.6) is 0 Å². The molecule has 3 rings (SSSR count). The number of nitrogens with zero attached hydrogens (tertiary/aromatic N) is 2. The highest BCUT2D eigenvalue weighted by Gasteiger charge is 2.41. The summed E-state index contributed by atoms with van der Waals surface area (Å²) in [6.07, 6.45) is 6.82. The summed E-state index contributed by atoms with van der Waals surface area (Å²) in [6, 6.07) is -0.672. The molecule has 3 fully saturated rings. The van der Waals surface area contributed by atoms with Gasteiger partial charge in [-0.05, 0) is 38.8 Å². The van der Waals surface area contributed by atoms with Gasteiger partial charge < -0.3 is 19.9 Å². The van der Waals surface area contributed by atoms with Gasteiger partial charge in [0.25, 0.3) is 0 Å². The smallest absolute Gasteiger partial charge is 0.330 e. The summed E-state index contributed by atoms with van der Waals surface area (Å²) in [5.74, 6) is -0.200. The van der Waals surface area contributed by atoms with Crippen LogP contribution in [0.2, 0.25) is 0 Å². The van der Waals surface area contributed by atoms with Gasteiger partial charge >= 0.3 is 5.97 Å². The number of amides is 2. The van der Waals surface area contributed by atoms with E-state index in [0.717, 1.165) is 51.6 Å². The van der Waals surface area contributed by atoms with E-state index in [9.17, 15) is 14.4 Å². The first-order chi connectivity index (χ1) is 12.6. The van der Waals surface area contributed by atoms with E-state index in [1.54, 1.807) is 9.80 Å². The van der Waals surface area contributed by atoms with Crippen LogP contribution in [0.15, 0.2) is 0 Å². The molecule has 2 saturated heterocycles. The highest BCUT2D eigenvalue weighted by atomic mass is 16.5. The SMILES string of the molecule is COC(=O)[C@@H]1CN(C(=O)C2CCNCC2)CCN1C(=O)C1CCCCC1. The number of nitrogens with one attached hydrogen (secondary N) is 1. The van der Waals surface area contributed by atoms with Crippen molar-refractivity contribution in [1.82, 2.24) is 15.1 Å². The Labute approximate surface area is 155 Å². The van der Waals surface area contributed by atoms with Crippen molar-refractivity contribution in [3.05, 3.63) is 0 Å². The molecule has 0 aromatic carbocycles. The van der Waals surface area contributed by atoms with Crippen molar-refractivity contribution < 1.29 is 19.1 Å². The molecule has 7 heteroatoms. The number of methoxy groups -OCH3 is 1. The highest BCUT2D eigenvalue weighted by Crippen LogP contribution is 2.28. The number of piperazine rings is 1. The largest absolute Gasteiger partial charge is 0.467 e. The van der Waals surface area contributed by atoms with E-state index in [1.165, 1.54) is 13.5 Å². The molecule has 0 radical (unpaired) electrons. The second-order valence-corrected chi connectivity index (χ2v) is 7.71. The number of carbonyl (C=O) groups excluding carboxylic acids is 3. The lowest BCUT2D eigenvalue weighted by atomic mass is 9.87. The molecule has 2 heterocycles. The maximum Gasteiger partial charge on any atom is 0.330 e. The molecule has 0 spiro atoms. The first kappa shape index (κ1) is 19.1. The van der Waals surface area contributed by atoms with Gasteiger partial charge in [0.05, 0.1) is 13.7 Å². The van der Waals surface area contributed by atoms with Crippen LogP contribution in [0.3, 0.4) is 0 Å². The molecule has 0 unspecified atom stereocenters. The molecular weight excluding hydrogens is 334 g/mol. The minimum Gasteiger partial charge on any atom is -0.467 e. The van der Waals surface area contributed by atoms with Crippen LogP contribution in [0.1, 0.15) is 44.9 Å². The van der Waals surface area contributed by atoms with Crippen molar-refractivity contribution in [3.8, 4) is 0 Å². The second kappa shape index (κ2) is 8.84. The number of esters is 1. The fourth-order valence-corrected chi connectivity index (χ4v) is 4.50. The van der Waals surface area contributed by atoms with Gasteiger partial charge in [0.2, 0.25) is 11.8 Å². The quantitative estimate of drug-likeness (QED) is 0.748. The maximum absolute atomic E-state index is 13.0. The average molecular weight is 365 g/mol. The minimum atomic E-state index is -0.672. The second-order valence-electron chi connectivity index (χ2n) is 7.71. The lowest BCUT2D eigenvalue weighted by Crippen LogP contribution is -2.61. The first-order valence-electron chi connectivity index (χ1n) is 9.99. The van der Waals surface area contributed by atoms with Crippen molar-refractivity contribution in [2.75, 3.05) is 39.8 Å². The zero-order valence-corrected chi connectivity index (χ0v) is 15.7. The van der Waals surface area contributed by atoms with Crippen molar-refractivity contribution in [2.45, 2.75) is 51.0 Å². The molecule has 3 aliphatic rings. The number of carbonyl (C=O) groups is 3. The molecule has 0 bridgehead atoms. The van der Waals surface area contributed by atoms with Crippen molar-refractivity contribution in [3.63, 3.8) is 0 Å². The fourth-order valence-electron chi connectivity index (χ4n) is 4.50. The summed E-state index contributed by atoms with van der Waals surface area (Å²) in [5, 5.41) is 3.27. The standard InChI is InChI=1S/C19H31N3O4/c1-26-19(25)16-13-21(17(23)15-7-9-20-10-8-15)11-12-22(16)18(24)14-5-3-2-4-6-14/h14-16,20H,2-13H2,1H3/t16-/m0/s1. The van der Waals surface area contributed by atoms with Gasteiger partial charge in [0, 0.05) is 24.9 Å². The van der Waals surface area contributed by atoms with E-state index in [1.807, 2.05) is 0 Å². The van der Waals surface area contributed by atoms with Crippen molar-refractivity contribution >= 4 is 17.8 Å². The van der Waals surface area contributed by atoms with Crippen LogP contribution in [0.4, 0.5) is 0 Å².